The zero-order valence-corrected chi connectivity index (χ0v) is 13.9. The number of hydrogen-bond acceptors (Lipinski definition) is 5. The number of aromatic nitrogens is 1. The minimum absolute atomic E-state index is 0.0391. The lowest BCUT2D eigenvalue weighted by atomic mass is 10.3. The van der Waals surface area contributed by atoms with Crippen LogP contribution in [0.5, 0.6) is 0 Å². The molecule has 2 heterocycles. The maximum Gasteiger partial charge on any atom is 0.417 e. The smallest absolute Gasteiger partial charge is 0.352 e. The zero-order valence-electron chi connectivity index (χ0n) is 11.6. The van der Waals surface area contributed by atoms with Crippen LogP contribution in [0.3, 0.4) is 0 Å². The highest BCUT2D eigenvalue weighted by molar-refractivity contribution is 8.00. The van der Waals surface area contributed by atoms with Gasteiger partial charge in [-0.2, -0.15) is 13.2 Å². The number of amides is 1. The molecule has 1 aliphatic heterocycles. The summed E-state index contributed by atoms with van der Waals surface area (Å²) < 4.78 is 60.0. The number of halogens is 4. The molecule has 23 heavy (non-hydrogen) atoms. The van der Waals surface area contributed by atoms with Gasteiger partial charge in [0, 0.05) is 12.2 Å². The van der Waals surface area contributed by atoms with Crippen molar-refractivity contribution in [3.8, 4) is 0 Å². The van der Waals surface area contributed by atoms with Crippen LogP contribution in [0.2, 0.25) is 5.02 Å². The van der Waals surface area contributed by atoms with Gasteiger partial charge in [0.15, 0.2) is 9.84 Å². The number of hydrogen-bond donors (Lipinski definition) is 1. The normalized spacial score (nSPS) is 20.4. The number of carbonyl (C=O) groups is 1. The molecule has 0 unspecified atom stereocenters. The first kappa shape index (κ1) is 18.3. The van der Waals surface area contributed by atoms with Crippen molar-refractivity contribution in [1.82, 2.24) is 10.3 Å². The van der Waals surface area contributed by atoms with Crippen LogP contribution in [0.15, 0.2) is 17.3 Å². The molecule has 0 aromatic carbocycles. The van der Waals surface area contributed by atoms with E-state index in [0.717, 1.165) is 17.8 Å². The van der Waals surface area contributed by atoms with Crippen molar-refractivity contribution in [3.05, 3.63) is 22.8 Å². The van der Waals surface area contributed by atoms with Crippen LogP contribution < -0.4 is 5.32 Å². The van der Waals surface area contributed by atoms with Crippen molar-refractivity contribution in [3.63, 3.8) is 0 Å². The molecule has 1 saturated heterocycles. The molecule has 0 bridgehead atoms. The zero-order chi connectivity index (χ0) is 17.3. The molecule has 1 aromatic rings. The van der Waals surface area contributed by atoms with Gasteiger partial charge in [-0.05, 0) is 12.5 Å². The van der Waals surface area contributed by atoms with Gasteiger partial charge in [-0.1, -0.05) is 23.4 Å². The Hall–Kier alpha value is -1.00. The summed E-state index contributed by atoms with van der Waals surface area (Å²) >= 11 is 6.62. The molecule has 0 aliphatic carbocycles. The Bertz CT molecular complexity index is 710. The third kappa shape index (κ3) is 5.25. The van der Waals surface area contributed by atoms with Crippen molar-refractivity contribution in [1.29, 1.82) is 0 Å². The van der Waals surface area contributed by atoms with Gasteiger partial charge in [0.05, 0.1) is 27.8 Å². The molecule has 1 fully saturated rings. The number of nitrogens with zero attached hydrogens (tertiary/aromatic N) is 1. The van der Waals surface area contributed by atoms with Crippen LogP contribution in [-0.4, -0.2) is 42.6 Å². The largest absolute Gasteiger partial charge is 0.417 e. The fraction of sp³-hybridized carbons (Fsp3) is 0.500. The first-order chi connectivity index (χ1) is 10.6. The molecular weight excluding hydrogens is 377 g/mol. The van der Waals surface area contributed by atoms with E-state index in [1.807, 2.05) is 0 Å². The van der Waals surface area contributed by atoms with E-state index in [1.54, 1.807) is 0 Å². The van der Waals surface area contributed by atoms with Gasteiger partial charge in [0.25, 0.3) is 0 Å². The minimum Gasteiger partial charge on any atom is -0.352 e. The van der Waals surface area contributed by atoms with E-state index in [9.17, 15) is 26.4 Å². The molecule has 0 spiro atoms. The topological polar surface area (TPSA) is 76.1 Å². The maximum atomic E-state index is 12.5. The Morgan fingerprint density at radius 3 is 2.70 bits per heavy atom. The Balaban J connectivity index is 1.90. The van der Waals surface area contributed by atoms with E-state index in [-0.39, 0.29) is 27.3 Å². The molecule has 128 valence electrons. The second-order valence-corrected chi connectivity index (χ2v) is 8.56. The molecule has 1 amide bonds. The summed E-state index contributed by atoms with van der Waals surface area (Å²) in [6.07, 6.45) is -3.53. The Morgan fingerprint density at radius 1 is 1.48 bits per heavy atom. The minimum atomic E-state index is -4.54. The molecule has 1 aliphatic rings. The average molecular weight is 389 g/mol. The second kappa shape index (κ2) is 6.86. The summed E-state index contributed by atoms with van der Waals surface area (Å²) in [5.74, 6) is -0.593. The lowest BCUT2D eigenvalue weighted by Crippen LogP contribution is -2.36. The van der Waals surface area contributed by atoms with Crippen molar-refractivity contribution in [2.24, 2.45) is 0 Å². The van der Waals surface area contributed by atoms with Crippen LogP contribution in [0.4, 0.5) is 13.2 Å². The molecule has 2 rings (SSSR count). The number of carbonyl (C=O) groups excluding carboxylic acids is 1. The van der Waals surface area contributed by atoms with Gasteiger partial charge < -0.3 is 5.32 Å². The van der Waals surface area contributed by atoms with Crippen molar-refractivity contribution >= 4 is 39.1 Å². The van der Waals surface area contributed by atoms with Crippen molar-refractivity contribution < 1.29 is 26.4 Å². The van der Waals surface area contributed by atoms with E-state index in [1.165, 1.54) is 0 Å². The number of rotatable bonds is 4. The van der Waals surface area contributed by atoms with Gasteiger partial charge in [0.1, 0.15) is 5.03 Å². The number of sulfone groups is 1. The highest BCUT2D eigenvalue weighted by Crippen LogP contribution is 2.33. The fourth-order valence-corrected chi connectivity index (χ4v) is 4.68. The van der Waals surface area contributed by atoms with E-state index in [2.05, 4.69) is 10.3 Å². The quantitative estimate of drug-likeness (QED) is 0.800. The first-order valence-electron chi connectivity index (χ1n) is 6.42. The molecule has 1 aromatic heterocycles. The molecule has 1 N–H and O–H groups in total. The summed E-state index contributed by atoms with van der Waals surface area (Å²) in [4.78, 5) is 15.3. The highest BCUT2D eigenvalue weighted by Gasteiger charge is 2.32. The predicted molar refractivity (Wildman–Crippen MR) is 80.2 cm³/mol. The monoisotopic (exact) mass is 388 g/mol. The molecule has 0 saturated carbocycles. The van der Waals surface area contributed by atoms with Gasteiger partial charge in [-0.15, -0.1) is 0 Å². The number of pyridine rings is 1. The number of nitrogens with one attached hydrogen (secondary N) is 1. The number of alkyl halides is 3. The third-order valence-electron chi connectivity index (χ3n) is 3.07. The molecular formula is C12H12ClF3N2O3S2. The van der Waals surface area contributed by atoms with Crippen LogP contribution in [0, 0.1) is 0 Å². The fourth-order valence-electron chi connectivity index (χ4n) is 2.00. The molecule has 5 nitrogen and oxygen atoms in total. The van der Waals surface area contributed by atoms with Crippen molar-refractivity contribution in [2.75, 3.05) is 17.3 Å². The molecule has 11 heteroatoms. The van der Waals surface area contributed by atoms with E-state index in [0.29, 0.717) is 12.6 Å². The summed E-state index contributed by atoms with van der Waals surface area (Å²) in [6.45, 7) is 0. The van der Waals surface area contributed by atoms with E-state index < -0.39 is 33.5 Å². The Kier molecular flexibility index (Phi) is 5.47. The van der Waals surface area contributed by atoms with E-state index >= 15 is 0 Å². The lowest BCUT2D eigenvalue weighted by molar-refractivity contribution is -0.137. The van der Waals surface area contributed by atoms with Crippen LogP contribution in [0.1, 0.15) is 12.0 Å². The van der Waals surface area contributed by atoms with Gasteiger partial charge in [0.2, 0.25) is 5.91 Å². The first-order valence-corrected chi connectivity index (χ1v) is 9.61. The maximum absolute atomic E-state index is 12.5. The van der Waals surface area contributed by atoms with Crippen molar-refractivity contribution in [2.45, 2.75) is 23.7 Å². The SMILES string of the molecule is O=C(CSc1ncc(C(F)(F)F)cc1Cl)N[C@H]1CCS(=O)(=O)C1. The summed E-state index contributed by atoms with van der Waals surface area (Å²) in [5.41, 5.74) is -0.965. The van der Waals surface area contributed by atoms with Crippen LogP contribution >= 0.6 is 23.4 Å². The van der Waals surface area contributed by atoms with Crippen LogP contribution in [0.25, 0.3) is 0 Å². The standard InChI is InChI=1S/C12H12ClF3N2O3S2/c13-9-3-7(12(14,15)16)4-17-11(9)22-5-10(19)18-8-1-2-23(20,21)6-8/h3-4,8H,1-2,5-6H2,(H,18,19)/t8-/m0/s1. The second-order valence-electron chi connectivity index (χ2n) is 4.96. The molecule has 0 radical (unpaired) electrons. The summed E-state index contributed by atoms with van der Waals surface area (Å²) in [5, 5.41) is 2.48. The predicted octanol–water partition coefficient (Wildman–Crippen LogP) is 2.15. The Labute approximate surface area is 139 Å². The summed E-state index contributed by atoms with van der Waals surface area (Å²) in [7, 11) is -3.10. The van der Waals surface area contributed by atoms with E-state index in [4.69, 9.17) is 11.6 Å². The number of thioether (sulfide) groups is 1. The molecule has 1 atom stereocenters. The van der Waals surface area contributed by atoms with Gasteiger partial charge >= 0.3 is 6.18 Å². The Morgan fingerprint density at radius 2 is 2.17 bits per heavy atom. The average Bonchev–Trinajstić information content (AvgIpc) is 2.75. The van der Waals surface area contributed by atoms with Gasteiger partial charge in [-0.25, -0.2) is 13.4 Å². The highest BCUT2D eigenvalue weighted by atomic mass is 35.5. The lowest BCUT2D eigenvalue weighted by Gasteiger charge is -2.11. The van der Waals surface area contributed by atoms with Crippen LogP contribution in [-0.2, 0) is 20.8 Å². The van der Waals surface area contributed by atoms with Gasteiger partial charge in [-0.3, -0.25) is 4.79 Å². The summed E-state index contributed by atoms with van der Waals surface area (Å²) in [6, 6.07) is 0.322. The third-order valence-corrected chi connectivity index (χ3v) is 6.25.